The van der Waals surface area contributed by atoms with Crippen molar-refractivity contribution >= 4 is 11.6 Å². The summed E-state index contributed by atoms with van der Waals surface area (Å²) < 4.78 is 13.3. The van der Waals surface area contributed by atoms with Gasteiger partial charge in [-0.2, -0.15) is 5.10 Å². The van der Waals surface area contributed by atoms with Crippen LogP contribution < -0.4 is 5.32 Å². The number of fused-ring (bicyclic) bond motifs is 1. The highest BCUT2D eigenvalue weighted by Crippen LogP contribution is 2.22. The Morgan fingerprint density at radius 1 is 1.35 bits per heavy atom. The van der Waals surface area contributed by atoms with Gasteiger partial charge in [0.1, 0.15) is 11.9 Å². The molecular formula is C19H21FN4O2. The smallest absolute Gasteiger partial charge is 0.272 e. The van der Waals surface area contributed by atoms with E-state index >= 15 is 0 Å². The molecule has 1 aliphatic carbocycles. The van der Waals surface area contributed by atoms with Crippen LogP contribution in [0.3, 0.4) is 0 Å². The molecule has 1 aromatic carbocycles. The second-order valence-corrected chi connectivity index (χ2v) is 6.84. The second-order valence-electron chi connectivity index (χ2n) is 6.84. The molecular weight excluding hydrogens is 335 g/mol. The number of hydrogen-bond acceptors (Lipinski definition) is 4. The lowest BCUT2D eigenvalue weighted by atomic mass is 9.96. The van der Waals surface area contributed by atoms with E-state index < -0.39 is 0 Å². The number of carbonyl (C=O) groups excluding carboxylic acids is 1. The standard InChI is InChI=1S/C19H21FN4O2/c20-13-5-3-4-12(8-13)9-14-10-15(26-24-14)11-21-19(25)18-16-6-1-2-7-17(16)22-23-18/h3-5,8,15H,1-2,6-7,9-11H2,(H,21,25)(H,22,23). The van der Waals surface area contributed by atoms with Gasteiger partial charge in [0.15, 0.2) is 5.69 Å². The molecule has 0 radical (unpaired) electrons. The average Bonchev–Trinajstić information content (AvgIpc) is 3.26. The van der Waals surface area contributed by atoms with Crippen molar-refractivity contribution in [2.45, 2.75) is 44.6 Å². The fourth-order valence-corrected chi connectivity index (χ4v) is 3.54. The van der Waals surface area contributed by atoms with E-state index in [1.165, 1.54) is 12.1 Å². The van der Waals surface area contributed by atoms with Gasteiger partial charge in [0.2, 0.25) is 0 Å². The van der Waals surface area contributed by atoms with Crippen LogP contribution in [-0.4, -0.2) is 34.5 Å². The monoisotopic (exact) mass is 356 g/mol. The third-order valence-corrected chi connectivity index (χ3v) is 4.85. The Balaban J connectivity index is 1.28. The molecule has 0 saturated heterocycles. The summed E-state index contributed by atoms with van der Waals surface area (Å²) >= 11 is 0. The van der Waals surface area contributed by atoms with E-state index in [1.54, 1.807) is 6.07 Å². The minimum atomic E-state index is -0.256. The zero-order valence-corrected chi connectivity index (χ0v) is 14.4. The van der Waals surface area contributed by atoms with Gasteiger partial charge in [-0.1, -0.05) is 17.3 Å². The van der Waals surface area contributed by atoms with Crippen molar-refractivity contribution in [3.05, 3.63) is 52.6 Å². The van der Waals surface area contributed by atoms with E-state index in [0.29, 0.717) is 25.1 Å². The average molecular weight is 356 g/mol. The molecule has 1 aliphatic heterocycles. The number of aromatic nitrogens is 2. The molecule has 2 heterocycles. The fourth-order valence-electron chi connectivity index (χ4n) is 3.54. The van der Waals surface area contributed by atoms with E-state index in [2.05, 4.69) is 20.7 Å². The summed E-state index contributed by atoms with van der Waals surface area (Å²) in [6.07, 6.45) is 5.06. The number of aryl methyl sites for hydroxylation is 1. The summed E-state index contributed by atoms with van der Waals surface area (Å²) in [5.41, 5.74) is 4.34. The highest BCUT2D eigenvalue weighted by atomic mass is 19.1. The minimum Gasteiger partial charge on any atom is -0.390 e. The molecule has 0 fully saturated rings. The summed E-state index contributed by atoms with van der Waals surface area (Å²) in [6.45, 7) is 0.372. The summed E-state index contributed by atoms with van der Waals surface area (Å²) in [5, 5.41) is 14.1. The number of H-pyrrole nitrogens is 1. The molecule has 2 aliphatic rings. The number of benzene rings is 1. The number of halogens is 1. The van der Waals surface area contributed by atoms with Gasteiger partial charge in [-0.05, 0) is 43.4 Å². The van der Waals surface area contributed by atoms with Crippen LogP contribution in [0.1, 0.15) is 46.6 Å². The second kappa shape index (κ2) is 7.27. The lowest BCUT2D eigenvalue weighted by Gasteiger charge is -2.12. The van der Waals surface area contributed by atoms with Gasteiger partial charge in [-0.15, -0.1) is 0 Å². The summed E-state index contributed by atoms with van der Waals surface area (Å²) in [5.74, 6) is -0.431. The Labute approximate surface area is 150 Å². The third kappa shape index (κ3) is 3.61. The first-order valence-electron chi connectivity index (χ1n) is 8.99. The molecule has 4 rings (SSSR count). The fraction of sp³-hybridized carbons (Fsp3) is 0.421. The first kappa shape index (κ1) is 16.8. The minimum absolute atomic E-state index is 0.174. The third-order valence-electron chi connectivity index (χ3n) is 4.85. The maximum atomic E-state index is 13.3. The highest BCUT2D eigenvalue weighted by Gasteiger charge is 2.25. The number of amides is 1. The SMILES string of the molecule is O=C(NCC1CC(Cc2cccc(F)c2)=NO1)c1n[nH]c2c1CCCC2. The molecule has 1 unspecified atom stereocenters. The molecule has 136 valence electrons. The van der Waals surface area contributed by atoms with Gasteiger partial charge in [0, 0.05) is 24.1 Å². The molecule has 2 aromatic rings. The summed E-state index contributed by atoms with van der Waals surface area (Å²) in [7, 11) is 0. The lowest BCUT2D eigenvalue weighted by molar-refractivity contribution is 0.0750. The zero-order chi connectivity index (χ0) is 17.9. The molecule has 0 saturated carbocycles. The molecule has 0 spiro atoms. The van der Waals surface area contributed by atoms with Gasteiger partial charge in [-0.25, -0.2) is 4.39 Å². The van der Waals surface area contributed by atoms with E-state index in [4.69, 9.17) is 4.84 Å². The lowest BCUT2D eigenvalue weighted by Crippen LogP contribution is -2.33. The van der Waals surface area contributed by atoms with E-state index in [9.17, 15) is 9.18 Å². The molecule has 6 nitrogen and oxygen atoms in total. The zero-order valence-electron chi connectivity index (χ0n) is 14.4. The Bertz CT molecular complexity index is 846. The number of oxime groups is 1. The summed E-state index contributed by atoms with van der Waals surface area (Å²) in [6, 6.07) is 6.46. The van der Waals surface area contributed by atoms with E-state index in [0.717, 1.165) is 48.2 Å². The number of aromatic amines is 1. The molecule has 1 aromatic heterocycles. The number of hydrogen-bond donors (Lipinski definition) is 2. The largest absolute Gasteiger partial charge is 0.390 e. The van der Waals surface area contributed by atoms with Crippen LogP contribution in [0.25, 0.3) is 0 Å². The molecule has 7 heteroatoms. The first-order chi connectivity index (χ1) is 12.7. The van der Waals surface area contributed by atoms with Crippen molar-refractivity contribution in [2.75, 3.05) is 6.54 Å². The Kier molecular flexibility index (Phi) is 4.69. The maximum Gasteiger partial charge on any atom is 0.272 e. The molecule has 26 heavy (non-hydrogen) atoms. The van der Waals surface area contributed by atoms with Gasteiger partial charge >= 0.3 is 0 Å². The maximum absolute atomic E-state index is 13.3. The van der Waals surface area contributed by atoms with Crippen LogP contribution in [0.15, 0.2) is 29.4 Å². The van der Waals surface area contributed by atoms with Crippen LogP contribution in [0.4, 0.5) is 4.39 Å². The molecule has 1 amide bonds. The molecule has 1 atom stereocenters. The van der Waals surface area contributed by atoms with Crippen molar-refractivity contribution < 1.29 is 14.0 Å². The van der Waals surface area contributed by atoms with Gasteiger partial charge < -0.3 is 10.2 Å². The predicted octanol–water partition coefficient (Wildman–Crippen LogP) is 2.55. The molecule has 0 bridgehead atoms. The number of nitrogens with one attached hydrogen (secondary N) is 2. The Morgan fingerprint density at radius 2 is 2.23 bits per heavy atom. The molecule has 2 N–H and O–H groups in total. The Morgan fingerprint density at radius 3 is 3.12 bits per heavy atom. The summed E-state index contributed by atoms with van der Waals surface area (Å²) in [4.78, 5) is 17.8. The van der Waals surface area contributed by atoms with Crippen molar-refractivity contribution in [1.29, 1.82) is 0 Å². The highest BCUT2D eigenvalue weighted by molar-refractivity contribution is 5.94. The van der Waals surface area contributed by atoms with E-state index in [-0.39, 0.29) is 17.8 Å². The van der Waals surface area contributed by atoms with Crippen LogP contribution in [0.2, 0.25) is 0 Å². The quantitative estimate of drug-likeness (QED) is 0.864. The van der Waals surface area contributed by atoms with Crippen LogP contribution in [0.5, 0.6) is 0 Å². The normalized spacial score (nSPS) is 18.8. The van der Waals surface area contributed by atoms with Crippen LogP contribution in [-0.2, 0) is 24.1 Å². The van der Waals surface area contributed by atoms with E-state index in [1.807, 2.05) is 6.07 Å². The Hall–Kier alpha value is -2.70. The van der Waals surface area contributed by atoms with Crippen molar-refractivity contribution in [2.24, 2.45) is 5.16 Å². The van der Waals surface area contributed by atoms with Crippen LogP contribution >= 0.6 is 0 Å². The topological polar surface area (TPSA) is 79.4 Å². The van der Waals surface area contributed by atoms with Gasteiger partial charge in [-0.3, -0.25) is 9.89 Å². The van der Waals surface area contributed by atoms with Gasteiger partial charge in [0.25, 0.3) is 5.91 Å². The van der Waals surface area contributed by atoms with Crippen LogP contribution in [0, 0.1) is 5.82 Å². The van der Waals surface area contributed by atoms with Gasteiger partial charge in [0.05, 0.1) is 12.3 Å². The van der Waals surface area contributed by atoms with Crippen molar-refractivity contribution in [3.8, 4) is 0 Å². The predicted molar refractivity (Wildman–Crippen MR) is 94.6 cm³/mol. The van der Waals surface area contributed by atoms with Crippen molar-refractivity contribution in [3.63, 3.8) is 0 Å². The number of rotatable bonds is 5. The number of carbonyl (C=O) groups is 1. The first-order valence-corrected chi connectivity index (χ1v) is 8.99. The number of nitrogens with zero attached hydrogens (tertiary/aromatic N) is 2. The van der Waals surface area contributed by atoms with Crippen molar-refractivity contribution in [1.82, 2.24) is 15.5 Å².